The number of aromatic nitrogens is 12. The van der Waals surface area contributed by atoms with Crippen molar-refractivity contribution in [3.63, 3.8) is 0 Å². The molecule has 18 rings (SSSR count). The van der Waals surface area contributed by atoms with Crippen LogP contribution < -0.4 is 0 Å². The van der Waals surface area contributed by atoms with Gasteiger partial charge in [-0.3, -0.25) is 9.36 Å². The zero-order valence-electron chi connectivity index (χ0n) is 76.2. The van der Waals surface area contributed by atoms with E-state index < -0.39 is 0 Å². The van der Waals surface area contributed by atoms with E-state index in [1.54, 1.807) is 61.5 Å². The van der Waals surface area contributed by atoms with Gasteiger partial charge in [0.1, 0.15) is 0 Å². The van der Waals surface area contributed by atoms with Gasteiger partial charge in [0.2, 0.25) is 5.91 Å². The maximum Gasteiger partial charge on any atom is 0.222 e. The average Bonchev–Trinajstić information content (AvgIpc) is 1.50. The Morgan fingerprint density at radius 2 is 0.519 bits per heavy atom. The molecule has 0 saturated carbocycles. The minimum absolute atomic E-state index is 0. The third-order valence-corrected chi connectivity index (χ3v) is 19.9. The molecule has 21 nitrogen and oxygen atoms in total. The first-order valence-corrected chi connectivity index (χ1v) is 43.5. The van der Waals surface area contributed by atoms with Gasteiger partial charge < -0.3 is 54.6 Å². The summed E-state index contributed by atoms with van der Waals surface area (Å²) in [4.78, 5) is 12.0. The van der Waals surface area contributed by atoms with Gasteiger partial charge in [-0.25, -0.2) is 0 Å². The predicted molar refractivity (Wildman–Crippen MR) is 522 cm³/mol. The number of hydrogen-bond donors (Lipinski definition) is 8. The van der Waals surface area contributed by atoms with Crippen molar-refractivity contribution < 1.29 is 126 Å². The first-order valence-electron chi connectivity index (χ1n) is 43.5. The largest absolute Gasteiger partial charge is 0.393 e. The smallest absolute Gasteiger partial charge is 0.222 e. The second-order valence-electron chi connectivity index (χ2n) is 31.5. The SMILES string of the molecule is CC(=O)n1c(-c2[c-]cccc2)nnc1-c1ccccc1.CC(O)CC(C)O.CC(O)CC(C)O.CC(O)CC(C)O.CC(O)CC(C)O.[Ir].[Ir].[Ir].[Ir].[c-]1ccccc1-c1nnc(-c2ccccc2)n1-c1ccc(-c2ccccc2)cc1.[c-]1ccccc1-c1nnc(-c2ccccc2)n1-c1ccc2ccccc2c1.[c-]1ccccc1-c1nnc(-c2ccccc2)n1-c1cccc2ccccc12. The quantitative estimate of drug-likeness (QED) is 0.0329. The minimum Gasteiger partial charge on any atom is -0.393 e. The van der Waals surface area contributed by atoms with Crippen LogP contribution in [0.5, 0.6) is 0 Å². The Morgan fingerprint density at radius 1 is 0.252 bits per heavy atom. The monoisotopic (exact) mass is 2510 g/mol. The summed E-state index contributed by atoms with van der Waals surface area (Å²) in [5.41, 5.74) is 12.9. The Morgan fingerprint density at radius 3 is 0.874 bits per heavy atom. The molecule has 0 bridgehead atoms. The van der Waals surface area contributed by atoms with Gasteiger partial charge in [0, 0.05) is 132 Å². The van der Waals surface area contributed by atoms with Crippen LogP contribution >= 0.6 is 0 Å². The fourth-order valence-corrected chi connectivity index (χ4v) is 14.2. The summed E-state index contributed by atoms with van der Waals surface area (Å²) in [5, 5.41) is 109. The number of carbonyl (C=O) groups is 1. The van der Waals surface area contributed by atoms with Crippen LogP contribution in [-0.2, 0) is 80.4 Å². The molecule has 8 N–H and O–H groups in total. The molecule has 0 amide bonds. The van der Waals surface area contributed by atoms with Crippen molar-refractivity contribution >= 4 is 27.5 Å². The van der Waals surface area contributed by atoms with Crippen LogP contribution in [0.1, 0.15) is 92.8 Å². The number of aliphatic hydroxyl groups excluding tert-OH is 8. The van der Waals surface area contributed by atoms with E-state index in [-0.39, 0.29) is 135 Å². The molecule has 8 unspecified atom stereocenters. The van der Waals surface area contributed by atoms with E-state index >= 15 is 0 Å². The van der Waals surface area contributed by atoms with Crippen molar-refractivity contribution in [3.05, 3.63) is 382 Å². The van der Waals surface area contributed by atoms with Gasteiger partial charge in [0.25, 0.3) is 0 Å². The maximum absolute atomic E-state index is 12.0. The summed E-state index contributed by atoms with van der Waals surface area (Å²) in [6.45, 7) is 14.8. The number of hydrogen-bond acceptors (Lipinski definition) is 17. The number of benzene rings is 14. The van der Waals surface area contributed by atoms with Crippen LogP contribution in [0.4, 0.5) is 0 Å². The van der Waals surface area contributed by atoms with E-state index in [1.807, 2.05) is 182 Å². The second-order valence-corrected chi connectivity index (χ2v) is 31.5. The predicted octanol–water partition coefficient (Wildman–Crippen LogP) is 20.8. The molecule has 0 saturated heterocycles. The van der Waals surface area contributed by atoms with Crippen molar-refractivity contribution in [2.45, 2.75) is 137 Å². The first kappa shape index (κ1) is 110. The molecular formula is C110H110Ir4N12O9-4. The van der Waals surface area contributed by atoms with E-state index in [0.29, 0.717) is 37.3 Å². The molecule has 18 aromatic rings. The van der Waals surface area contributed by atoms with E-state index in [4.69, 9.17) is 40.9 Å². The first-order chi connectivity index (χ1) is 63.5. The summed E-state index contributed by atoms with van der Waals surface area (Å²) < 4.78 is 7.84. The number of aliphatic hydroxyl groups is 8. The molecule has 0 fully saturated rings. The molecular weight excluding hydrogens is 2400 g/mol. The Kier molecular flexibility index (Phi) is 46.6. The van der Waals surface area contributed by atoms with Crippen molar-refractivity contribution in [2.75, 3.05) is 0 Å². The van der Waals surface area contributed by atoms with Crippen molar-refractivity contribution in [2.24, 2.45) is 0 Å². The van der Waals surface area contributed by atoms with Gasteiger partial charge in [0.05, 0.1) is 72.1 Å². The third-order valence-electron chi connectivity index (χ3n) is 19.9. The topological polar surface area (TPSA) is 302 Å². The number of nitrogens with zero attached hydrogens (tertiary/aromatic N) is 12. The summed E-state index contributed by atoms with van der Waals surface area (Å²) >= 11 is 0. The third kappa shape index (κ3) is 33.0. The number of fused-ring (bicyclic) bond motifs is 2. The second kappa shape index (κ2) is 57.1. The van der Waals surface area contributed by atoms with Crippen LogP contribution in [0.25, 0.3) is 141 Å². The Bertz CT molecular complexity index is 6090. The van der Waals surface area contributed by atoms with E-state index in [1.165, 1.54) is 38.8 Å². The molecule has 0 aliphatic carbocycles. The van der Waals surface area contributed by atoms with Gasteiger partial charge in [-0.2, -0.15) is 20.4 Å². The average molecular weight is 2510 g/mol. The van der Waals surface area contributed by atoms with Crippen LogP contribution in [-0.4, -0.2) is 155 Å². The molecule has 135 heavy (non-hydrogen) atoms. The van der Waals surface area contributed by atoms with Crippen LogP contribution in [0.2, 0.25) is 0 Å². The molecule has 0 spiro atoms. The van der Waals surface area contributed by atoms with Gasteiger partial charge in [-0.05, 0) is 139 Å². The summed E-state index contributed by atoms with van der Waals surface area (Å²) in [7, 11) is 0. The van der Waals surface area contributed by atoms with Crippen LogP contribution in [0, 0.1) is 24.3 Å². The zero-order chi connectivity index (χ0) is 93.0. The molecule has 14 aromatic carbocycles. The van der Waals surface area contributed by atoms with Crippen molar-refractivity contribution in [1.29, 1.82) is 0 Å². The normalized spacial score (nSPS) is 12.2. The molecule has 25 heteroatoms. The molecule has 704 valence electrons. The van der Waals surface area contributed by atoms with Crippen molar-refractivity contribution in [3.8, 4) is 119 Å². The maximum atomic E-state index is 12.0. The van der Waals surface area contributed by atoms with E-state index in [2.05, 4.69) is 249 Å². The van der Waals surface area contributed by atoms with Gasteiger partial charge in [0.15, 0.2) is 23.3 Å². The van der Waals surface area contributed by atoms with Crippen LogP contribution in [0.3, 0.4) is 0 Å². The molecule has 8 atom stereocenters. The molecule has 4 heterocycles. The Labute approximate surface area is 843 Å². The van der Waals surface area contributed by atoms with Gasteiger partial charge >= 0.3 is 0 Å². The molecule has 4 radical (unpaired) electrons. The summed E-state index contributed by atoms with van der Waals surface area (Å²) in [6, 6.07) is 132. The molecule has 0 aliphatic rings. The minimum atomic E-state index is -0.375. The van der Waals surface area contributed by atoms with Crippen LogP contribution in [0.15, 0.2) is 358 Å². The Hall–Kier alpha value is -11.9. The van der Waals surface area contributed by atoms with E-state index in [0.717, 1.165) is 102 Å². The Balaban J connectivity index is 0.000000223. The fraction of sp³-hybridized carbons (Fsp3) is 0.191. The van der Waals surface area contributed by atoms with Crippen molar-refractivity contribution in [1.82, 2.24) is 59.1 Å². The summed E-state index contributed by atoms with van der Waals surface area (Å²) in [5.74, 6) is 5.72. The number of carbonyl (C=O) groups excluding carboxylic acids is 1. The fourth-order valence-electron chi connectivity index (χ4n) is 14.2. The molecule has 4 aromatic heterocycles. The van der Waals surface area contributed by atoms with Gasteiger partial charge in [-0.15, -0.1) is 164 Å². The number of rotatable bonds is 20. The standard InChI is InChI=1S/C26H18N3.2C24H16N3.C16H12N3O.4C5H12O2.4Ir/c1-4-10-20(11-5-1)21-16-18-24(19-17-21)29-25(22-12-6-2-7-13-22)27-28-26(29)23-14-8-3-9-15-23;1-3-11-19(12-4-1)23-25-26-24(20-13-5-2-6-14-20)27(23)22-17-9-15-18-10-7-8-16-21(18)22;1-3-10-19(11-4-1)23-25-26-24(20-12-5-2-6-13-20)27(23)22-16-15-18-9-7-8-14-21(18)17-22;1-12(20)19-15(13-8-4-2-5-9-13)17-18-16(19)14-10-6-3-7-11-14;4*1-4(6)3-5(2)7;;;;/h1-14,16-19H;1-13,15-17H;1-12,14-17H;2-10H,1H3;4*4-7H,3H2,1-2H3;;;;/q4*-1;;;;;;;;. The van der Waals surface area contributed by atoms with E-state index in [9.17, 15) is 4.79 Å². The zero-order valence-corrected chi connectivity index (χ0v) is 85.8. The summed E-state index contributed by atoms with van der Waals surface area (Å²) in [6.07, 6.45) is -1.11. The molecule has 0 aliphatic heterocycles. The van der Waals surface area contributed by atoms with Gasteiger partial charge in [-0.1, -0.05) is 231 Å².